The highest BCUT2D eigenvalue weighted by Gasteiger charge is 2.24. The summed E-state index contributed by atoms with van der Waals surface area (Å²) in [6.45, 7) is 0. The van der Waals surface area contributed by atoms with Crippen LogP contribution in [0.25, 0.3) is 0 Å². The summed E-state index contributed by atoms with van der Waals surface area (Å²) in [6, 6.07) is 9.36. The van der Waals surface area contributed by atoms with E-state index in [0.717, 1.165) is 25.7 Å². The van der Waals surface area contributed by atoms with Crippen LogP contribution in [0.3, 0.4) is 0 Å². The van der Waals surface area contributed by atoms with Crippen molar-refractivity contribution in [3.8, 4) is 6.07 Å². The maximum absolute atomic E-state index is 12.2. The number of nitrogens with zero attached hydrogens (tertiary/aromatic N) is 2. The van der Waals surface area contributed by atoms with Crippen LogP contribution in [-0.2, 0) is 0 Å². The monoisotopic (exact) mass is 272 g/mol. The quantitative estimate of drug-likeness (QED) is 0.866. The first-order valence-corrected chi connectivity index (χ1v) is 6.89. The lowest BCUT2D eigenvalue weighted by atomic mass is 9.91. The Morgan fingerprint density at radius 2 is 2.10 bits per heavy atom. The largest absolute Gasteiger partial charge is 0.328 e. The molecule has 0 heterocycles. The molecule has 2 rings (SSSR count). The van der Waals surface area contributed by atoms with Gasteiger partial charge in [-0.2, -0.15) is 5.26 Å². The molecule has 1 aromatic rings. The minimum absolute atomic E-state index is 0.138. The van der Waals surface area contributed by atoms with Crippen molar-refractivity contribution in [2.75, 3.05) is 12.4 Å². The van der Waals surface area contributed by atoms with Crippen molar-refractivity contribution in [2.45, 2.75) is 37.8 Å². The molecule has 0 atom stereocenters. The van der Waals surface area contributed by atoms with Gasteiger partial charge < -0.3 is 16.0 Å². The lowest BCUT2D eigenvalue weighted by Gasteiger charge is -2.33. The molecule has 5 nitrogen and oxygen atoms in total. The molecule has 5 heteroatoms. The Labute approximate surface area is 119 Å². The normalized spacial score (nSPS) is 21.9. The minimum atomic E-state index is -0.138. The Bertz CT molecular complexity index is 515. The Morgan fingerprint density at radius 3 is 2.75 bits per heavy atom. The average Bonchev–Trinajstić information content (AvgIpc) is 2.47. The van der Waals surface area contributed by atoms with Gasteiger partial charge >= 0.3 is 6.03 Å². The molecule has 1 saturated carbocycles. The first-order chi connectivity index (χ1) is 9.60. The molecule has 0 bridgehead atoms. The summed E-state index contributed by atoms with van der Waals surface area (Å²) in [6.07, 6.45) is 3.82. The molecule has 0 spiro atoms. The van der Waals surface area contributed by atoms with E-state index in [-0.39, 0.29) is 18.1 Å². The van der Waals surface area contributed by atoms with Crippen molar-refractivity contribution in [1.29, 1.82) is 5.26 Å². The summed E-state index contributed by atoms with van der Waals surface area (Å²) in [7, 11) is 1.81. The van der Waals surface area contributed by atoms with Crippen LogP contribution in [0.2, 0.25) is 0 Å². The third kappa shape index (κ3) is 3.49. The van der Waals surface area contributed by atoms with Crippen LogP contribution < -0.4 is 11.1 Å². The van der Waals surface area contributed by atoms with Gasteiger partial charge in [0.05, 0.1) is 11.6 Å². The smallest absolute Gasteiger partial charge is 0.321 e. The van der Waals surface area contributed by atoms with E-state index >= 15 is 0 Å². The topological polar surface area (TPSA) is 82.2 Å². The Kier molecular flexibility index (Phi) is 4.59. The molecule has 1 fully saturated rings. The van der Waals surface area contributed by atoms with Crippen LogP contribution in [0.4, 0.5) is 10.5 Å². The second-order valence-corrected chi connectivity index (χ2v) is 5.30. The molecule has 3 N–H and O–H groups in total. The predicted molar refractivity (Wildman–Crippen MR) is 78.2 cm³/mol. The van der Waals surface area contributed by atoms with Crippen LogP contribution in [0, 0.1) is 11.3 Å². The number of urea groups is 1. The van der Waals surface area contributed by atoms with Crippen molar-refractivity contribution < 1.29 is 4.79 Å². The number of hydrogen-bond acceptors (Lipinski definition) is 3. The maximum atomic E-state index is 12.2. The molecule has 1 aromatic carbocycles. The van der Waals surface area contributed by atoms with Crippen molar-refractivity contribution in [1.82, 2.24) is 4.90 Å². The Hall–Kier alpha value is -2.06. The van der Waals surface area contributed by atoms with Crippen LogP contribution >= 0.6 is 0 Å². The van der Waals surface area contributed by atoms with E-state index in [1.54, 1.807) is 29.2 Å². The van der Waals surface area contributed by atoms with E-state index in [1.165, 1.54) is 0 Å². The van der Waals surface area contributed by atoms with E-state index in [4.69, 9.17) is 11.0 Å². The highest BCUT2D eigenvalue weighted by atomic mass is 16.2. The maximum Gasteiger partial charge on any atom is 0.321 e. The van der Waals surface area contributed by atoms with Gasteiger partial charge in [0.15, 0.2) is 0 Å². The van der Waals surface area contributed by atoms with E-state index in [9.17, 15) is 4.79 Å². The fraction of sp³-hybridized carbons (Fsp3) is 0.467. The fourth-order valence-corrected chi connectivity index (χ4v) is 2.53. The van der Waals surface area contributed by atoms with Crippen LogP contribution in [0.15, 0.2) is 24.3 Å². The summed E-state index contributed by atoms with van der Waals surface area (Å²) in [4.78, 5) is 13.9. The molecule has 106 valence electrons. The summed E-state index contributed by atoms with van der Waals surface area (Å²) in [5.41, 5.74) is 7.06. The van der Waals surface area contributed by atoms with E-state index < -0.39 is 0 Å². The number of carbonyl (C=O) groups is 1. The molecule has 1 aliphatic carbocycles. The molecular formula is C15H20N4O. The third-order valence-corrected chi connectivity index (χ3v) is 3.85. The zero-order chi connectivity index (χ0) is 14.5. The number of nitrogens with two attached hydrogens (primary N) is 1. The second kappa shape index (κ2) is 6.40. The van der Waals surface area contributed by atoms with Crippen LogP contribution in [0.1, 0.15) is 31.2 Å². The highest BCUT2D eigenvalue weighted by Crippen LogP contribution is 2.22. The number of hydrogen-bond donors (Lipinski definition) is 2. The number of nitrogens with one attached hydrogen (secondary N) is 1. The molecule has 0 unspecified atom stereocenters. The van der Waals surface area contributed by atoms with Crippen molar-refractivity contribution in [3.63, 3.8) is 0 Å². The van der Waals surface area contributed by atoms with E-state index in [1.807, 2.05) is 7.05 Å². The van der Waals surface area contributed by atoms with E-state index in [0.29, 0.717) is 11.3 Å². The van der Waals surface area contributed by atoms with Crippen LogP contribution in [-0.4, -0.2) is 30.1 Å². The lowest BCUT2D eigenvalue weighted by Crippen LogP contribution is -2.43. The number of nitriles is 1. The lowest BCUT2D eigenvalue weighted by molar-refractivity contribution is 0.182. The van der Waals surface area contributed by atoms with Gasteiger partial charge in [0, 0.05) is 24.8 Å². The van der Waals surface area contributed by atoms with Crippen molar-refractivity contribution in [3.05, 3.63) is 29.8 Å². The number of benzene rings is 1. The third-order valence-electron chi connectivity index (χ3n) is 3.85. The number of anilines is 1. The zero-order valence-electron chi connectivity index (χ0n) is 11.7. The fourth-order valence-electron chi connectivity index (χ4n) is 2.53. The number of rotatable bonds is 2. The van der Waals surface area contributed by atoms with Gasteiger partial charge in [-0.15, -0.1) is 0 Å². The Morgan fingerprint density at radius 1 is 1.40 bits per heavy atom. The molecule has 0 saturated heterocycles. The summed E-state index contributed by atoms with van der Waals surface area (Å²) >= 11 is 0. The van der Waals surface area contributed by atoms with Crippen molar-refractivity contribution >= 4 is 11.7 Å². The van der Waals surface area contributed by atoms with Gasteiger partial charge in [0.25, 0.3) is 0 Å². The second-order valence-electron chi connectivity index (χ2n) is 5.30. The first-order valence-electron chi connectivity index (χ1n) is 6.89. The molecule has 0 radical (unpaired) electrons. The molecule has 0 aromatic heterocycles. The molecule has 2 amide bonds. The van der Waals surface area contributed by atoms with E-state index in [2.05, 4.69) is 11.4 Å². The Balaban J connectivity index is 1.95. The van der Waals surface area contributed by atoms with Gasteiger partial charge in [0.2, 0.25) is 0 Å². The first kappa shape index (κ1) is 14.4. The standard InChI is InChI=1S/C15H20N4O/c1-19(14-7-5-12(17)6-8-14)15(20)18-13-4-2-3-11(9-13)10-16/h2-4,9,12,14H,5-8,17H2,1H3,(H,18,20). The number of carbonyl (C=O) groups excluding carboxylic acids is 1. The van der Waals surface area contributed by atoms with Gasteiger partial charge in [-0.25, -0.2) is 4.79 Å². The summed E-state index contributed by atoms with van der Waals surface area (Å²) < 4.78 is 0. The van der Waals surface area contributed by atoms with Crippen LogP contribution in [0.5, 0.6) is 0 Å². The van der Waals surface area contributed by atoms with Gasteiger partial charge in [-0.1, -0.05) is 6.07 Å². The molecule has 1 aliphatic rings. The summed E-state index contributed by atoms with van der Waals surface area (Å²) in [5, 5.41) is 11.7. The highest BCUT2D eigenvalue weighted by molar-refractivity contribution is 5.89. The molecule has 0 aliphatic heterocycles. The zero-order valence-corrected chi connectivity index (χ0v) is 11.7. The molecule has 20 heavy (non-hydrogen) atoms. The molecular weight excluding hydrogens is 252 g/mol. The predicted octanol–water partition coefficient (Wildman–Crippen LogP) is 2.29. The van der Waals surface area contributed by atoms with Gasteiger partial charge in [-0.3, -0.25) is 0 Å². The minimum Gasteiger partial charge on any atom is -0.328 e. The number of amides is 2. The summed E-state index contributed by atoms with van der Waals surface area (Å²) in [5.74, 6) is 0. The van der Waals surface area contributed by atoms with Gasteiger partial charge in [-0.05, 0) is 43.9 Å². The SMILES string of the molecule is CN(C(=O)Nc1cccc(C#N)c1)C1CCC(N)CC1. The van der Waals surface area contributed by atoms with Gasteiger partial charge in [0.1, 0.15) is 0 Å². The van der Waals surface area contributed by atoms with Crippen molar-refractivity contribution in [2.24, 2.45) is 5.73 Å². The average molecular weight is 272 g/mol.